The Morgan fingerprint density at radius 1 is 1.15 bits per heavy atom. The second-order valence-corrected chi connectivity index (χ2v) is 6.93. The van der Waals surface area contributed by atoms with E-state index < -0.39 is 5.60 Å². The predicted molar refractivity (Wildman–Crippen MR) is 78.1 cm³/mol. The predicted octanol–water partition coefficient (Wildman–Crippen LogP) is 3.79. The molecule has 2 heterocycles. The number of rotatable bonds is 1. The number of fused-ring (bicyclic) bond motifs is 2. The highest BCUT2D eigenvalue weighted by Crippen LogP contribution is 2.52. The fraction of sp³-hybridized carbons (Fsp3) is 0.647. The van der Waals surface area contributed by atoms with Crippen LogP contribution >= 0.6 is 0 Å². The summed E-state index contributed by atoms with van der Waals surface area (Å²) in [4.78, 5) is 2.49. The molecule has 0 aromatic heterocycles. The van der Waals surface area contributed by atoms with E-state index in [0.717, 1.165) is 31.5 Å². The molecule has 0 atom stereocenters. The lowest BCUT2D eigenvalue weighted by Crippen LogP contribution is -2.46. The van der Waals surface area contributed by atoms with Crippen LogP contribution in [0.15, 0.2) is 18.2 Å². The van der Waals surface area contributed by atoms with Gasteiger partial charge < -0.3 is 9.64 Å². The molecule has 2 aliphatic heterocycles. The van der Waals surface area contributed by atoms with Crippen LogP contribution in [0.2, 0.25) is 0 Å². The van der Waals surface area contributed by atoms with Crippen LogP contribution in [0.3, 0.4) is 0 Å². The van der Waals surface area contributed by atoms with Crippen molar-refractivity contribution in [2.75, 3.05) is 13.1 Å². The summed E-state index contributed by atoms with van der Waals surface area (Å²) in [7, 11) is 0. The second kappa shape index (κ2) is 4.54. The summed E-state index contributed by atoms with van der Waals surface area (Å²) in [5.74, 6) is -0.169. The molecule has 1 spiro atoms. The molecule has 20 heavy (non-hydrogen) atoms. The van der Waals surface area contributed by atoms with Crippen molar-refractivity contribution in [3.63, 3.8) is 0 Å². The molecule has 1 fully saturated rings. The van der Waals surface area contributed by atoms with Crippen molar-refractivity contribution >= 4 is 0 Å². The van der Waals surface area contributed by atoms with E-state index in [2.05, 4.69) is 32.6 Å². The first-order chi connectivity index (χ1) is 9.34. The Hall–Kier alpha value is -0.930. The van der Waals surface area contributed by atoms with E-state index in [-0.39, 0.29) is 11.4 Å². The van der Waals surface area contributed by atoms with Gasteiger partial charge in [0, 0.05) is 19.1 Å². The van der Waals surface area contributed by atoms with Crippen molar-refractivity contribution in [1.29, 1.82) is 0 Å². The molecule has 1 aromatic carbocycles. The van der Waals surface area contributed by atoms with Crippen molar-refractivity contribution in [2.24, 2.45) is 0 Å². The molecule has 0 bridgehead atoms. The van der Waals surface area contributed by atoms with E-state index in [1.807, 2.05) is 6.07 Å². The molecule has 0 aliphatic carbocycles. The summed E-state index contributed by atoms with van der Waals surface area (Å²) in [5, 5.41) is 0. The van der Waals surface area contributed by atoms with Gasteiger partial charge in [0.1, 0.15) is 5.82 Å². The zero-order valence-electron chi connectivity index (χ0n) is 12.9. The molecule has 3 heteroatoms. The van der Waals surface area contributed by atoms with E-state index in [1.165, 1.54) is 5.56 Å². The number of halogens is 1. The number of hydrogen-bond donors (Lipinski definition) is 0. The zero-order chi connectivity index (χ0) is 14.5. The second-order valence-electron chi connectivity index (χ2n) is 6.93. The normalized spacial score (nSPS) is 24.3. The number of benzene rings is 1. The Labute approximate surface area is 120 Å². The van der Waals surface area contributed by atoms with Gasteiger partial charge in [0.25, 0.3) is 0 Å². The monoisotopic (exact) mass is 277 g/mol. The van der Waals surface area contributed by atoms with Crippen LogP contribution in [0.25, 0.3) is 0 Å². The molecule has 110 valence electrons. The van der Waals surface area contributed by atoms with Crippen LogP contribution in [0.1, 0.15) is 51.7 Å². The standard InChI is InChI=1S/C17H24FNO/c1-12(2)19-9-7-17(8-10-19)14-6-5-13(18)11-15(14)16(3,4)20-17/h5-6,11-12H,7-10H2,1-4H3. The topological polar surface area (TPSA) is 12.5 Å². The number of likely N-dealkylation sites (tertiary alicyclic amines) is 1. The quantitative estimate of drug-likeness (QED) is 0.774. The highest BCUT2D eigenvalue weighted by Gasteiger charge is 2.50. The summed E-state index contributed by atoms with van der Waals surface area (Å²) < 4.78 is 20.0. The molecular formula is C17H24FNO. The molecule has 1 aromatic rings. The van der Waals surface area contributed by atoms with E-state index >= 15 is 0 Å². The number of ether oxygens (including phenoxy) is 1. The summed E-state index contributed by atoms with van der Waals surface area (Å²) in [5.41, 5.74) is 1.62. The van der Waals surface area contributed by atoms with Crippen molar-refractivity contribution in [3.05, 3.63) is 35.1 Å². The third-order valence-electron chi connectivity index (χ3n) is 4.91. The molecule has 0 saturated carbocycles. The summed E-state index contributed by atoms with van der Waals surface area (Å²) >= 11 is 0. The smallest absolute Gasteiger partial charge is 0.123 e. The van der Waals surface area contributed by atoms with Crippen LogP contribution in [0, 0.1) is 5.82 Å². The number of hydrogen-bond acceptors (Lipinski definition) is 2. The largest absolute Gasteiger partial charge is 0.360 e. The fourth-order valence-corrected chi connectivity index (χ4v) is 3.78. The minimum atomic E-state index is -0.391. The van der Waals surface area contributed by atoms with Gasteiger partial charge >= 0.3 is 0 Å². The fourth-order valence-electron chi connectivity index (χ4n) is 3.78. The highest BCUT2D eigenvalue weighted by molar-refractivity contribution is 5.41. The molecule has 0 N–H and O–H groups in total. The third kappa shape index (κ3) is 2.08. The molecule has 0 amide bonds. The van der Waals surface area contributed by atoms with Crippen LogP contribution < -0.4 is 0 Å². The van der Waals surface area contributed by atoms with Gasteiger partial charge in [-0.2, -0.15) is 0 Å². The van der Waals surface area contributed by atoms with E-state index in [9.17, 15) is 4.39 Å². The number of nitrogens with zero attached hydrogens (tertiary/aromatic N) is 1. The minimum Gasteiger partial charge on any atom is -0.360 e. The van der Waals surface area contributed by atoms with Crippen LogP contribution in [0.4, 0.5) is 4.39 Å². The Morgan fingerprint density at radius 3 is 2.40 bits per heavy atom. The van der Waals surface area contributed by atoms with Crippen LogP contribution in [-0.2, 0) is 15.9 Å². The SMILES string of the molecule is CC(C)N1CCC2(CC1)OC(C)(C)c1cc(F)ccc12. The Morgan fingerprint density at radius 2 is 1.80 bits per heavy atom. The Balaban J connectivity index is 1.95. The van der Waals surface area contributed by atoms with E-state index in [4.69, 9.17) is 4.74 Å². The maximum Gasteiger partial charge on any atom is 0.123 e. The summed E-state index contributed by atoms with van der Waals surface area (Å²) in [6.07, 6.45) is 1.99. The lowest BCUT2D eigenvalue weighted by molar-refractivity contribution is -0.151. The summed E-state index contributed by atoms with van der Waals surface area (Å²) in [6, 6.07) is 5.73. The molecule has 3 rings (SSSR count). The van der Waals surface area contributed by atoms with Crippen molar-refractivity contribution < 1.29 is 9.13 Å². The number of piperidine rings is 1. The van der Waals surface area contributed by atoms with E-state index in [1.54, 1.807) is 12.1 Å². The van der Waals surface area contributed by atoms with Crippen LogP contribution in [-0.4, -0.2) is 24.0 Å². The lowest BCUT2D eigenvalue weighted by Gasteiger charge is -2.42. The van der Waals surface area contributed by atoms with Crippen molar-refractivity contribution in [3.8, 4) is 0 Å². The summed E-state index contributed by atoms with van der Waals surface area (Å²) in [6.45, 7) is 10.7. The minimum absolute atomic E-state index is 0.169. The Bertz CT molecular complexity index is 516. The van der Waals surface area contributed by atoms with Gasteiger partial charge in [-0.15, -0.1) is 0 Å². The van der Waals surface area contributed by atoms with Gasteiger partial charge in [-0.1, -0.05) is 6.07 Å². The average Bonchev–Trinajstić information content (AvgIpc) is 2.58. The van der Waals surface area contributed by atoms with Gasteiger partial charge in [0.15, 0.2) is 0 Å². The molecular weight excluding hydrogens is 253 g/mol. The van der Waals surface area contributed by atoms with Gasteiger partial charge in [-0.05, 0) is 63.8 Å². The molecule has 0 unspecified atom stereocenters. The first kappa shape index (κ1) is 14.0. The van der Waals surface area contributed by atoms with E-state index in [0.29, 0.717) is 6.04 Å². The third-order valence-corrected chi connectivity index (χ3v) is 4.91. The molecule has 1 saturated heterocycles. The first-order valence-corrected chi connectivity index (χ1v) is 7.59. The Kier molecular flexibility index (Phi) is 3.18. The molecule has 2 aliphatic rings. The lowest BCUT2D eigenvalue weighted by atomic mass is 9.82. The zero-order valence-corrected chi connectivity index (χ0v) is 12.9. The first-order valence-electron chi connectivity index (χ1n) is 7.59. The van der Waals surface area contributed by atoms with Gasteiger partial charge in [0.05, 0.1) is 11.2 Å². The average molecular weight is 277 g/mol. The van der Waals surface area contributed by atoms with Gasteiger partial charge in [0.2, 0.25) is 0 Å². The van der Waals surface area contributed by atoms with Crippen molar-refractivity contribution in [2.45, 2.75) is 57.8 Å². The highest BCUT2D eigenvalue weighted by atomic mass is 19.1. The maximum absolute atomic E-state index is 13.6. The van der Waals surface area contributed by atoms with Gasteiger partial charge in [-0.25, -0.2) is 4.39 Å². The molecule has 0 radical (unpaired) electrons. The maximum atomic E-state index is 13.6. The molecule has 2 nitrogen and oxygen atoms in total. The van der Waals surface area contributed by atoms with Crippen molar-refractivity contribution in [1.82, 2.24) is 4.90 Å². The van der Waals surface area contributed by atoms with Crippen LogP contribution in [0.5, 0.6) is 0 Å². The van der Waals surface area contributed by atoms with Gasteiger partial charge in [-0.3, -0.25) is 0 Å².